The third kappa shape index (κ3) is 5.07. The highest BCUT2D eigenvalue weighted by Gasteiger charge is 2.26. The van der Waals surface area contributed by atoms with Gasteiger partial charge < -0.3 is 10.4 Å². The van der Waals surface area contributed by atoms with Crippen LogP contribution in [0.25, 0.3) is 0 Å². The second-order valence-corrected chi connectivity index (χ2v) is 5.70. The van der Waals surface area contributed by atoms with Gasteiger partial charge in [0.25, 0.3) is 0 Å². The average molecular weight is 241 g/mol. The molecule has 0 amide bonds. The molecule has 0 aromatic rings. The van der Waals surface area contributed by atoms with Gasteiger partial charge in [0.1, 0.15) is 0 Å². The van der Waals surface area contributed by atoms with Crippen molar-refractivity contribution >= 4 is 5.97 Å². The van der Waals surface area contributed by atoms with Crippen molar-refractivity contribution in [1.29, 1.82) is 0 Å². The number of rotatable bonds is 6. The standard InChI is InChI=1S/C14H27NO2/c1-4-10(2)9-11(3)15-13-7-5-12(6-8-13)14(16)17/h10-13,15H,4-9H2,1-3H3,(H,16,17). The van der Waals surface area contributed by atoms with Crippen LogP contribution in [-0.4, -0.2) is 23.2 Å². The lowest BCUT2D eigenvalue weighted by Crippen LogP contribution is -2.40. The van der Waals surface area contributed by atoms with Gasteiger partial charge in [-0.3, -0.25) is 4.79 Å². The molecule has 0 spiro atoms. The van der Waals surface area contributed by atoms with Crippen molar-refractivity contribution in [2.75, 3.05) is 0 Å². The highest BCUT2D eigenvalue weighted by atomic mass is 16.4. The predicted molar refractivity (Wildman–Crippen MR) is 70.1 cm³/mol. The molecule has 2 unspecified atom stereocenters. The van der Waals surface area contributed by atoms with Crippen molar-refractivity contribution in [2.45, 2.75) is 71.4 Å². The molecule has 0 saturated heterocycles. The summed E-state index contributed by atoms with van der Waals surface area (Å²) in [6.45, 7) is 6.77. The van der Waals surface area contributed by atoms with Gasteiger partial charge in [0, 0.05) is 12.1 Å². The summed E-state index contributed by atoms with van der Waals surface area (Å²) in [5, 5.41) is 12.6. The lowest BCUT2D eigenvalue weighted by Gasteiger charge is -2.30. The van der Waals surface area contributed by atoms with Gasteiger partial charge in [-0.05, 0) is 44.9 Å². The van der Waals surface area contributed by atoms with E-state index in [1.807, 2.05) is 0 Å². The molecular weight excluding hydrogens is 214 g/mol. The Kier molecular flexibility index (Phi) is 5.96. The molecule has 0 bridgehead atoms. The first kappa shape index (κ1) is 14.5. The van der Waals surface area contributed by atoms with E-state index < -0.39 is 5.97 Å². The topological polar surface area (TPSA) is 49.3 Å². The van der Waals surface area contributed by atoms with Crippen LogP contribution < -0.4 is 5.32 Å². The minimum absolute atomic E-state index is 0.0991. The molecule has 17 heavy (non-hydrogen) atoms. The molecular formula is C14H27NO2. The van der Waals surface area contributed by atoms with Gasteiger partial charge in [0.2, 0.25) is 0 Å². The predicted octanol–water partition coefficient (Wildman–Crippen LogP) is 3.04. The van der Waals surface area contributed by atoms with E-state index >= 15 is 0 Å². The molecule has 1 aliphatic rings. The first-order chi connectivity index (χ1) is 8.02. The fourth-order valence-electron chi connectivity index (χ4n) is 2.75. The molecule has 3 heteroatoms. The second kappa shape index (κ2) is 7.00. The molecule has 1 saturated carbocycles. The van der Waals surface area contributed by atoms with E-state index in [9.17, 15) is 4.79 Å². The molecule has 0 aromatic carbocycles. The fourth-order valence-corrected chi connectivity index (χ4v) is 2.75. The molecule has 1 rings (SSSR count). The minimum atomic E-state index is -0.615. The fraction of sp³-hybridized carbons (Fsp3) is 0.929. The zero-order chi connectivity index (χ0) is 12.8. The number of aliphatic carboxylic acids is 1. The largest absolute Gasteiger partial charge is 0.481 e. The van der Waals surface area contributed by atoms with E-state index in [2.05, 4.69) is 26.1 Å². The van der Waals surface area contributed by atoms with Gasteiger partial charge in [0.05, 0.1) is 5.92 Å². The zero-order valence-corrected chi connectivity index (χ0v) is 11.4. The van der Waals surface area contributed by atoms with Crippen LogP contribution in [0.5, 0.6) is 0 Å². The highest BCUT2D eigenvalue weighted by Crippen LogP contribution is 2.25. The third-order valence-electron chi connectivity index (χ3n) is 4.05. The van der Waals surface area contributed by atoms with E-state index in [0.29, 0.717) is 12.1 Å². The molecule has 0 heterocycles. The molecule has 0 aliphatic heterocycles. The van der Waals surface area contributed by atoms with E-state index in [1.165, 1.54) is 12.8 Å². The van der Waals surface area contributed by atoms with Gasteiger partial charge >= 0.3 is 5.97 Å². The zero-order valence-electron chi connectivity index (χ0n) is 11.4. The lowest BCUT2D eigenvalue weighted by molar-refractivity contribution is -0.142. The Labute approximate surface area is 105 Å². The first-order valence-corrected chi connectivity index (χ1v) is 7.01. The average Bonchev–Trinajstić information content (AvgIpc) is 2.29. The lowest BCUT2D eigenvalue weighted by atomic mass is 9.85. The van der Waals surface area contributed by atoms with E-state index in [0.717, 1.165) is 31.6 Å². The molecule has 100 valence electrons. The molecule has 3 nitrogen and oxygen atoms in total. The molecule has 0 radical (unpaired) electrons. The quantitative estimate of drug-likeness (QED) is 0.751. The normalized spacial score (nSPS) is 28.6. The molecule has 2 N–H and O–H groups in total. The summed E-state index contributed by atoms with van der Waals surface area (Å²) in [7, 11) is 0. The maximum Gasteiger partial charge on any atom is 0.306 e. The Morgan fingerprint density at radius 2 is 1.88 bits per heavy atom. The Morgan fingerprint density at radius 3 is 2.35 bits per heavy atom. The first-order valence-electron chi connectivity index (χ1n) is 7.01. The van der Waals surface area contributed by atoms with Crippen LogP contribution in [-0.2, 0) is 4.79 Å². The highest BCUT2D eigenvalue weighted by molar-refractivity contribution is 5.70. The van der Waals surface area contributed by atoms with Gasteiger partial charge in [-0.1, -0.05) is 20.3 Å². The summed E-state index contributed by atoms with van der Waals surface area (Å²) in [6.07, 6.45) is 6.16. The van der Waals surface area contributed by atoms with Gasteiger partial charge in [-0.25, -0.2) is 0 Å². The third-order valence-corrected chi connectivity index (χ3v) is 4.05. The Hall–Kier alpha value is -0.570. The molecule has 1 aliphatic carbocycles. The van der Waals surface area contributed by atoms with Gasteiger partial charge in [0.15, 0.2) is 0 Å². The SMILES string of the molecule is CCC(C)CC(C)NC1CCC(C(=O)O)CC1. The van der Waals surface area contributed by atoms with Crippen molar-refractivity contribution in [3.05, 3.63) is 0 Å². The molecule has 0 aromatic heterocycles. The maximum atomic E-state index is 10.8. The van der Waals surface area contributed by atoms with Crippen LogP contribution in [0.3, 0.4) is 0 Å². The Morgan fingerprint density at radius 1 is 1.29 bits per heavy atom. The minimum Gasteiger partial charge on any atom is -0.481 e. The summed E-state index contributed by atoms with van der Waals surface area (Å²) in [5.41, 5.74) is 0. The van der Waals surface area contributed by atoms with Gasteiger partial charge in [-0.15, -0.1) is 0 Å². The van der Waals surface area contributed by atoms with Crippen molar-refractivity contribution in [1.82, 2.24) is 5.32 Å². The van der Waals surface area contributed by atoms with E-state index in [-0.39, 0.29) is 5.92 Å². The smallest absolute Gasteiger partial charge is 0.306 e. The van der Waals surface area contributed by atoms with Crippen LogP contribution in [0, 0.1) is 11.8 Å². The van der Waals surface area contributed by atoms with Crippen molar-refractivity contribution in [3.63, 3.8) is 0 Å². The Balaban J connectivity index is 2.23. The summed E-state index contributed by atoms with van der Waals surface area (Å²) >= 11 is 0. The van der Waals surface area contributed by atoms with Crippen LogP contribution in [0.1, 0.15) is 59.3 Å². The van der Waals surface area contributed by atoms with Crippen LogP contribution in [0.15, 0.2) is 0 Å². The summed E-state index contributed by atoms with van der Waals surface area (Å²) in [5.74, 6) is 0.0573. The van der Waals surface area contributed by atoms with Crippen molar-refractivity contribution in [3.8, 4) is 0 Å². The number of hydrogen-bond acceptors (Lipinski definition) is 2. The number of carboxylic acids is 1. The van der Waals surface area contributed by atoms with Crippen molar-refractivity contribution in [2.24, 2.45) is 11.8 Å². The molecule has 1 fully saturated rings. The van der Waals surface area contributed by atoms with Crippen molar-refractivity contribution < 1.29 is 9.90 Å². The number of hydrogen-bond donors (Lipinski definition) is 2. The van der Waals surface area contributed by atoms with Crippen LogP contribution >= 0.6 is 0 Å². The summed E-state index contributed by atoms with van der Waals surface area (Å²) in [4.78, 5) is 10.8. The maximum absolute atomic E-state index is 10.8. The summed E-state index contributed by atoms with van der Waals surface area (Å²) in [6, 6.07) is 1.08. The molecule has 2 atom stereocenters. The van der Waals surface area contributed by atoms with Crippen LogP contribution in [0.2, 0.25) is 0 Å². The van der Waals surface area contributed by atoms with Crippen LogP contribution in [0.4, 0.5) is 0 Å². The number of carboxylic acid groups (broad SMARTS) is 1. The summed E-state index contributed by atoms with van der Waals surface area (Å²) < 4.78 is 0. The number of nitrogens with one attached hydrogen (secondary N) is 1. The Bertz CT molecular complexity index is 234. The monoisotopic (exact) mass is 241 g/mol. The van der Waals surface area contributed by atoms with E-state index in [4.69, 9.17) is 5.11 Å². The van der Waals surface area contributed by atoms with E-state index in [1.54, 1.807) is 0 Å². The van der Waals surface area contributed by atoms with Gasteiger partial charge in [-0.2, -0.15) is 0 Å². The second-order valence-electron chi connectivity index (χ2n) is 5.70. The number of carbonyl (C=O) groups is 1.